The molecule has 0 spiro atoms. The predicted molar refractivity (Wildman–Crippen MR) is 102 cm³/mol. The van der Waals surface area contributed by atoms with Crippen LogP contribution < -0.4 is 5.32 Å². The van der Waals surface area contributed by atoms with Crippen LogP contribution >= 0.6 is 0 Å². The summed E-state index contributed by atoms with van der Waals surface area (Å²) < 4.78 is 7.28. The molecule has 0 radical (unpaired) electrons. The molecule has 1 aliphatic rings. The van der Waals surface area contributed by atoms with Crippen LogP contribution in [0.2, 0.25) is 0 Å². The van der Waals surface area contributed by atoms with Gasteiger partial charge >= 0.3 is 0 Å². The molecule has 4 rings (SSSR count). The Morgan fingerprint density at radius 3 is 2.81 bits per heavy atom. The third kappa shape index (κ3) is 3.52. The van der Waals surface area contributed by atoms with Crippen LogP contribution in [-0.2, 0) is 19.4 Å². The summed E-state index contributed by atoms with van der Waals surface area (Å²) >= 11 is 0. The lowest BCUT2D eigenvalue weighted by molar-refractivity contribution is 0.0926. The first-order valence-corrected chi connectivity index (χ1v) is 9.50. The molecule has 1 aliphatic carbocycles. The molecular formula is C21H24N4O2. The van der Waals surface area contributed by atoms with Gasteiger partial charge in [-0.3, -0.25) is 4.79 Å². The first-order chi connectivity index (χ1) is 13.2. The van der Waals surface area contributed by atoms with E-state index < -0.39 is 0 Å². The van der Waals surface area contributed by atoms with Crippen LogP contribution in [0.1, 0.15) is 64.4 Å². The maximum absolute atomic E-state index is 12.8. The minimum atomic E-state index is -0.181. The molecule has 1 aromatic carbocycles. The molecule has 1 N–H and O–H groups in total. The van der Waals surface area contributed by atoms with Crippen molar-refractivity contribution in [2.45, 2.75) is 52.1 Å². The van der Waals surface area contributed by atoms with E-state index in [0.29, 0.717) is 12.2 Å². The number of carbonyl (C=O) groups excluding carboxylic acids is 1. The number of furan rings is 1. The van der Waals surface area contributed by atoms with Crippen molar-refractivity contribution in [1.82, 2.24) is 20.3 Å². The first kappa shape index (κ1) is 17.5. The standard InChI is InChI=1S/C21H24N4O2/c1-3-15-7-9-16(10-8-15)13-25-14(2)20(23-24-25)21(26)22-18-5-4-6-19-17(18)11-12-27-19/h7-12,18H,3-6,13H2,1-2H3,(H,22,26)/t18-/m0/s1. The van der Waals surface area contributed by atoms with Gasteiger partial charge < -0.3 is 9.73 Å². The molecular weight excluding hydrogens is 340 g/mol. The minimum Gasteiger partial charge on any atom is -0.469 e. The highest BCUT2D eigenvalue weighted by atomic mass is 16.3. The second kappa shape index (κ2) is 7.39. The second-order valence-corrected chi connectivity index (χ2v) is 7.07. The second-order valence-electron chi connectivity index (χ2n) is 7.07. The molecule has 2 aromatic heterocycles. The summed E-state index contributed by atoms with van der Waals surface area (Å²) in [5.74, 6) is 0.793. The number of hydrogen-bond acceptors (Lipinski definition) is 4. The summed E-state index contributed by atoms with van der Waals surface area (Å²) in [6.45, 7) is 4.63. The Balaban J connectivity index is 1.48. The predicted octanol–water partition coefficient (Wildman–Crippen LogP) is 3.60. The zero-order valence-electron chi connectivity index (χ0n) is 15.7. The first-order valence-electron chi connectivity index (χ1n) is 9.50. The van der Waals surface area contributed by atoms with E-state index >= 15 is 0 Å². The third-order valence-electron chi connectivity index (χ3n) is 5.32. The number of nitrogens with one attached hydrogen (secondary N) is 1. The van der Waals surface area contributed by atoms with Gasteiger partial charge in [0.15, 0.2) is 5.69 Å². The summed E-state index contributed by atoms with van der Waals surface area (Å²) in [6, 6.07) is 10.4. The lowest BCUT2D eigenvalue weighted by Crippen LogP contribution is -2.31. The Labute approximate surface area is 158 Å². The Morgan fingerprint density at radius 2 is 2.04 bits per heavy atom. The number of benzene rings is 1. The summed E-state index contributed by atoms with van der Waals surface area (Å²) in [4.78, 5) is 12.8. The van der Waals surface area contributed by atoms with E-state index in [9.17, 15) is 4.79 Å². The smallest absolute Gasteiger partial charge is 0.274 e. The molecule has 0 fully saturated rings. The van der Waals surface area contributed by atoms with E-state index in [0.717, 1.165) is 48.3 Å². The van der Waals surface area contributed by atoms with E-state index in [4.69, 9.17) is 4.42 Å². The Hall–Kier alpha value is -2.89. The molecule has 6 heteroatoms. The summed E-state index contributed by atoms with van der Waals surface area (Å²) in [5.41, 5.74) is 4.68. The van der Waals surface area contributed by atoms with Gasteiger partial charge in [0.25, 0.3) is 5.91 Å². The Bertz CT molecular complexity index is 940. The lowest BCUT2D eigenvalue weighted by Gasteiger charge is -2.22. The van der Waals surface area contributed by atoms with Gasteiger partial charge in [-0.1, -0.05) is 36.4 Å². The molecule has 3 aromatic rings. The molecule has 0 saturated carbocycles. The largest absolute Gasteiger partial charge is 0.469 e. The van der Waals surface area contributed by atoms with Crippen LogP contribution in [0.3, 0.4) is 0 Å². The zero-order valence-corrected chi connectivity index (χ0v) is 15.7. The fourth-order valence-corrected chi connectivity index (χ4v) is 3.64. The van der Waals surface area contributed by atoms with Gasteiger partial charge in [0, 0.05) is 12.0 Å². The van der Waals surface area contributed by atoms with Crippen molar-refractivity contribution in [3.05, 3.63) is 70.4 Å². The van der Waals surface area contributed by atoms with E-state index in [1.807, 2.05) is 13.0 Å². The van der Waals surface area contributed by atoms with Crippen LogP contribution in [0, 0.1) is 6.92 Å². The molecule has 1 atom stereocenters. The van der Waals surface area contributed by atoms with Gasteiger partial charge in [0.2, 0.25) is 0 Å². The summed E-state index contributed by atoms with van der Waals surface area (Å²) in [6.07, 6.45) is 5.56. The van der Waals surface area contributed by atoms with Gasteiger partial charge in [-0.25, -0.2) is 4.68 Å². The van der Waals surface area contributed by atoms with Crippen LogP contribution in [0.5, 0.6) is 0 Å². The average molecular weight is 364 g/mol. The molecule has 0 bridgehead atoms. The number of carbonyl (C=O) groups is 1. The van der Waals surface area contributed by atoms with Crippen molar-refractivity contribution < 1.29 is 9.21 Å². The Kier molecular flexibility index (Phi) is 4.79. The number of rotatable bonds is 5. The highest BCUT2D eigenvalue weighted by Gasteiger charge is 2.26. The van der Waals surface area contributed by atoms with Gasteiger partial charge in [-0.05, 0) is 43.4 Å². The van der Waals surface area contributed by atoms with Gasteiger partial charge in [-0.2, -0.15) is 0 Å². The van der Waals surface area contributed by atoms with Crippen molar-refractivity contribution in [3.8, 4) is 0 Å². The van der Waals surface area contributed by atoms with Gasteiger partial charge in [0.05, 0.1) is 24.5 Å². The summed E-state index contributed by atoms with van der Waals surface area (Å²) in [7, 11) is 0. The molecule has 0 unspecified atom stereocenters. The quantitative estimate of drug-likeness (QED) is 0.751. The molecule has 1 amide bonds. The fraction of sp³-hybridized carbons (Fsp3) is 0.381. The highest BCUT2D eigenvalue weighted by Crippen LogP contribution is 2.30. The van der Waals surface area contributed by atoms with E-state index in [2.05, 4.69) is 46.8 Å². The molecule has 6 nitrogen and oxygen atoms in total. The minimum absolute atomic E-state index is 0.0221. The van der Waals surface area contributed by atoms with Crippen LogP contribution in [0.25, 0.3) is 0 Å². The van der Waals surface area contributed by atoms with E-state index in [1.54, 1.807) is 10.9 Å². The highest BCUT2D eigenvalue weighted by molar-refractivity contribution is 5.93. The molecule has 0 saturated heterocycles. The van der Waals surface area contributed by atoms with Crippen molar-refractivity contribution in [3.63, 3.8) is 0 Å². The molecule has 2 heterocycles. The molecule has 27 heavy (non-hydrogen) atoms. The Morgan fingerprint density at radius 1 is 1.26 bits per heavy atom. The van der Waals surface area contributed by atoms with Crippen LogP contribution in [-0.4, -0.2) is 20.9 Å². The maximum atomic E-state index is 12.8. The number of aryl methyl sites for hydroxylation is 2. The van der Waals surface area contributed by atoms with Crippen LogP contribution in [0.4, 0.5) is 0 Å². The SMILES string of the molecule is CCc1ccc(Cn2nnc(C(=O)N[C@H]3CCCc4occc43)c2C)cc1. The summed E-state index contributed by atoms with van der Waals surface area (Å²) in [5, 5.41) is 11.4. The number of amides is 1. The average Bonchev–Trinajstić information content (AvgIpc) is 3.30. The lowest BCUT2D eigenvalue weighted by atomic mass is 9.93. The van der Waals surface area contributed by atoms with Crippen molar-refractivity contribution in [2.24, 2.45) is 0 Å². The topological polar surface area (TPSA) is 73.0 Å². The van der Waals surface area contributed by atoms with E-state index in [-0.39, 0.29) is 11.9 Å². The number of nitrogens with zero attached hydrogens (tertiary/aromatic N) is 3. The fourth-order valence-electron chi connectivity index (χ4n) is 3.64. The number of aromatic nitrogens is 3. The van der Waals surface area contributed by atoms with Gasteiger partial charge in [-0.15, -0.1) is 5.10 Å². The number of fused-ring (bicyclic) bond motifs is 1. The van der Waals surface area contributed by atoms with Crippen molar-refractivity contribution in [1.29, 1.82) is 0 Å². The van der Waals surface area contributed by atoms with Gasteiger partial charge in [0.1, 0.15) is 5.76 Å². The van der Waals surface area contributed by atoms with Crippen molar-refractivity contribution >= 4 is 5.91 Å². The maximum Gasteiger partial charge on any atom is 0.274 e. The molecule has 140 valence electrons. The third-order valence-corrected chi connectivity index (χ3v) is 5.32. The zero-order chi connectivity index (χ0) is 18.8. The number of hydrogen-bond donors (Lipinski definition) is 1. The monoisotopic (exact) mass is 364 g/mol. The normalized spacial score (nSPS) is 16.1. The van der Waals surface area contributed by atoms with Crippen LogP contribution in [0.15, 0.2) is 41.0 Å². The van der Waals surface area contributed by atoms with E-state index in [1.165, 1.54) is 5.56 Å². The van der Waals surface area contributed by atoms with Crippen molar-refractivity contribution in [2.75, 3.05) is 0 Å². The molecule has 0 aliphatic heterocycles.